The zero-order valence-electron chi connectivity index (χ0n) is 17.8. The van der Waals surface area contributed by atoms with Crippen LogP contribution >= 0.6 is 0 Å². The summed E-state index contributed by atoms with van der Waals surface area (Å²) in [6.45, 7) is 2.47. The maximum absolute atomic E-state index is 12.6. The smallest absolute Gasteiger partial charge is 0.255 e. The summed E-state index contributed by atoms with van der Waals surface area (Å²) >= 11 is 0. The third kappa shape index (κ3) is 5.32. The molecule has 1 amide bonds. The molecule has 5 nitrogen and oxygen atoms in total. The van der Waals surface area contributed by atoms with Gasteiger partial charge in [-0.1, -0.05) is 48.5 Å². The Morgan fingerprint density at radius 2 is 1.68 bits per heavy atom. The minimum atomic E-state index is -0.232. The van der Waals surface area contributed by atoms with Crippen LogP contribution in [0.2, 0.25) is 0 Å². The molecule has 160 valence electrons. The van der Waals surface area contributed by atoms with Gasteiger partial charge >= 0.3 is 0 Å². The summed E-state index contributed by atoms with van der Waals surface area (Å²) in [6, 6.07) is 27.8. The molecule has 0 bridgehead atoms. The van der Waals surface area contributed by atoms with Crippen molar-refractivity contribution in [2.75, 3.05) is 36.9 Å². The number of aliphatic hydroxyl groups excluding tert-OH is 1. The second-order valence-electron chi connectivity index (χ2n) is 8.11. The molecule has 0 radical (unpaired) electrons. The van der Waals surface area contributed by atoms with Crippen LogP contribution in [0, 0.1) is 0 Å². The summed E-state index contributed by atoms with van der Waals surface area (Å²) in [4.78, 5) is 17.1. The van der Waals surface area contributed by atoms with Gasteiger partial charge in [0.05, 0.1) is 12.1 Å². The second kappa shape index (κ2) is 9.77. The topological polar surface area (TPSA) is 55.8 Å². The molecule has 31 heavy (non-hydrogen) atoms. The Morgan fingerprint density at radius 3 is 2.29 bits per heavy atom. The van der Waals surface area contributed by atoms with Crippen molar-refractivity contribution in [3.8, 4) is 0 Å². The largest absolute Gasteiger partial charge is 0.392 e. The molecule has 0 aromatic heterocycles. The van der Waals surface area contributed by atoms with E-state index in [2.05, 4.69) is 46.4 Å². The number of hydrogen-bond acceptors (Lipinski definition) is 4. The molecule has 0 aliphatic carbocycles. The third-order valence-corrected chi connectivity index (χ3v) is 5.90. The van der Waals surface area contributed by atoms with Crippen molar-refractivity contribution in [3.63, 3.8) is 0 Å². The van der Waals surface area contributed by atoms with Gasteiger partial charge in [0.1, 0.15) is 0 Å². The van der Waals surface area contributed by atoms with Gasteiger partial charge in [0.2, 0.25) is 0 Å². The number of amides is 1. The predicted molar refractivity (Wildman–Crippen MR) is 125 cm³/mol. The molecule has 1 saturated heterocycles. The van der Waals surface area contributed by atoms with Crippen LogP contribution in [-0.4, -0.2) is 48.7 Å². The first-order chi connectivity index (χ1) is 15.1. The summed E-state index contributed by atoms with van der Waals surface area (Å²) in [6.07, 6.45) is 0.598. The Bertz CT molecular complexity index is 977. The predicted octanol–water partition coefficient (Wildman–Crippen LogP) is 4.18. The molecule has 1 aliphatic rings. The van der Waals surface area contributed by atoms with Crippen LogP contribution in [0.25, 0.3) is 0 Å². The summed E-state index contributed by atoms with van der Waals surface area (Å²) in [5.41, 5.74) is 3.69. The van der Waals surface area contributed by atoms with Gasteiger partial charge in [-0.2, -0.15) is 0 Å². The molecular formula is C26H29N3O2. The highest BCUT2D eigenvalue weighted by Gasteiger charge is 2.26. The van der Waals surface area contributed by atoms with Crippen molar-refractivity contribution < 1.29 is 9.90 Å². The number of carbonyl (C=O) groups excluding carboxylic acids is 1. The van der Waals surface area contributed by atoms with Crippen molar-refractivity contribution in [2.24, 2.45) is 0 Å². The number of likely N-dealkylation sites (N-methyl/N-ethyl adjacent to an activating group) is 1. The molecule has 1 aliphatic heterocycles. The van der Waals surface area contributed by atoms with Gasteiger partial charge in [-0.25, -0.2) is 0 Å². The first-order valence-corrected chi connectivity index (χ1v) is 10.7. The summed E-state index contributed by atoms with van der Waals surface area (Å²) in [7, 11) is 2.09. The molecule has 5 heteroatoms. The van der Waals surface area contributed by atoms with Crippen molar-refractivity contribution in [1.29, 1.82) is 0 Å². The SMILES string of the molecule is CN(c1ccc(C(=O)Nc2ccccc2)cc1)C(CN1CCC(O)C1)c1ccccc1. The minimum Gasteiger partial charge on any atom is -0.392 e. The second-order valence-corrected chi connectivity index (χ2v) is 8.11. The van der Waals surface area contributed by atoms with Crippen LogP contribution < -0.4 is 10.2 Å². The lowest BCUT2D eigenvalue weighted by molar-refractivity contribution is 0.102. The number of benzene rings is 3. The average molecular weight is 416 g/mol. The van der Waals surface area contributed by atoms with Crippen LogP contribution in [0.4, 0.5) is 11.4 Å². The summed E-state index contributed by atoms with van der Waals surface area (Å²) in [5.74, 6) is -0.119. The van der Waals surface area contributed by atoms with Gasteiger partial charge < -0.3 is 15.3 Å². The molecule has 0 saturated carbocycles. The first-order valence-electron chi connectivity index (χ1n) is 10.7. The fourth-order valence-corrected chi connectivity index (χ4v) is 4.10. The van der Waals surface area contributed by atoms with Crippen LogP contribution in [-0.2, 0) is 0 Å². The highest BCUT2D eigenvalue weighted by atomic mass is 16.3. The van der Waals surface area contributed by atoms with Gasteiger partial charge in [-0.15, -0.1) is 0 Å². The molecule has 1 fully saturated rings. The molecule has 2 N–H and O–H groups in total. The molecule has 2 unspecified atom stereocenters. The molecular weight excluding hydrogens is 386 g/mol. The van der Waals surface area contributed by atoms with Crippen molar-refractivity contribution in [3.05, 3.63) is 96.1 Å². The van der Waals surface area contributed by atoms with Crippen molar-refractivity contribution in [2.45, 2.75) is 18.6 Å². The number of anilines is 2. The number of rotatable bonds is 7. The fourth-order valence-electron chi connectivity index (χ4n) is 4.10. The Morgan fingerprint density at radius 1 is 1.03 bits per heavy atom. The van der Waals surface area contributed by atoms with Crippen LogP contribution in [0.1, 0.15) is 28.4 Å². The maximum atomic E-state index is 12.6. The number of aliphatic hydroxyl groups is 1. The Kier molecular flexibility index (Phi) is 6.65. The Balaban J connectivity index is 1.50. The first kappa shape index (κ1) is 21.1. The zero-order valence-corrected chi connectivity index (χ0v) is 17.8. The zero-order chi connectivity index (χ0) is 21.6. The molecule has 3 aromatic carbocycles. The lowest BCUT2D eigenvalue weighted by Crippen LogP contribution is -2.36. The normalized spacial score (nSPS) is 17.3. The Hall–Kier alpha value is -3.15. The van der Waals surface area contributed by atoms with E-state index in [1.54, 1.807) is 0 Å². The number of likely N-dealkylation sites (tertiary alicyclic amines) is 1. The number of nitrogens with zero attached hydrogens (tertiary/aromatic N) is 2. The highest BCUT2D eigenvalue weighted by Crippen LogP contribution is 2.28. The third-order valence-electron chi connectivity index (χ3n) is 5.90. The number of hydrogen-bond donors (Lipinski definition) is 2. The maximum Gasteiger partial charge on any atom is 0.255 e. The summed E-state index contributed by atoms with van der Waals surface area (Å²) in [5, 5.41) is 12.9. The average Bonchev–Trinajstić information content (AvgIpc) is 3.23. The number of β-amino-alcohol motifs (C(OH)–C–C–N with tert-alkyl or cyclic N) is 1. The molecule has 3 aromatic rings. The van der Waals surface area contributed by atoms with E-state index in [9.17, 15) is 9.90 Å². The molecule has 4 rings (SSSR count). The van der Waals surface area contributed by atoms with E-state index in [-0.39, 0.29) is 18.1 Å². The van der Waals surface area contributed by atoms with Crippen LogP contribution in [0.5, 0.6) is 0 Å². The van der Waals surface area contributed by atoms with Crippen LogP contribution in [0.3, 0.4) is 0 Å². The van der Waals surface area contributed by atoms with E-state index in [0.29, 0.717) is 5.56 Å². The van der Waals surface area contributed by atoms with Crippen molar-refractivity contribution >= 4 is 17.3 Å². The number of carbonyl (C=O) groups is 1. The van der Waals surface area contributed by atoms with E-state index in [0.717, 1.165) is 37.4 Å². The molecule has 2 atom stereocenters. The highest BCUT2D eigenvalue weighted by molar-refractivity contribution is 6.04. The monoisotopic (exact) mass is 415 g/mol. The fraction of sp³-hybridized carbons (Fsp3) is 0.269. The van der Waals surface area contributed by atoms with E-state index in [1.165, 1.54) is 5.56 Å². The van der Waals surface area contributed by atoms with E-state index >= 15 is 0 Å². The van der Waals surface area contributed by atoms with Crippen LogP contribution in [0.15, 0.2) is 84.9 Å². The van der Waals surface area contributed by atoms with Gasteiger partial charge in [-0.05, 0) is 48.4 Å². The lowest BCUT2D eigenvalue weighted by Gasteiger charge is -2.33. The molecule has 0 spiro atoms. The Labute approximate surface area is 183 Å². The van der Waals surface area contributed by atoms with Gasteiger partial charge in [0.15, 0.2) is 0 Å². The quantitative estimate of drug-likeness (QED) is 0.608. The van der Waals surface area contributed by atoms with Gasteiger partial charge in [-0.3, -0.25) is 9.69 Å². The summed E-state index contributed by atoms with van der Waals surface area (Å²) < 4.78 is 0. The van der Waals surface area contributed by atoms with Crippen molar-refractivity contribution in [1.82, 2.24) is 4.90 Å². The number of para-hydroxylation sites is 1. The van der Waals surface area contributed by atoms with E-state index in [4.69, 9.17) is 0 Å². The van der Waals surface area contributed by atoms with E-state index in [1.807, 2.05) is 60.7 Å². The van der Waals surface area contributed by atoms with Gasteiger partial charge in [0, 0.05) is 43.6 Å². The lowest BCUT2D eigenvalue weighted by atomic mass is 10.0. The molecule has 1 heterocycles. The standard InChI is InChI=1S/C26H29N3O2/c1-28(25(20-8-4-2-5-9-20)19-29-17-16-24(30)18-29)23-14-12-21(13-15-23)26(31)27-22-10-6-3-7-11-22/h2-15,24-25,30H,16-19H2,1H3,(H,27,31). The van der Waals surface area contributed by atoms with E-state index < -0.39 is 0 Å². The minimum absolute atomic E-state index is 0.119. The number of nitrogens with one attached hydrogen (secondary N) is 1. The van der Waals surface area contributed by atoms with Gasteiger partial charge in [0.25, 0.3) is 5.91 Å².